The molecule has 2 aromatic heterocycles. The number of hydrogen-bond donors (Lipinski definition) is 1. The first-order valence-corrected chi connectivity index (χ1v) is 14.7. The van der Waals surface area contributed by atoms with E-state index in [0.29, 0.717) is 23.6 Å². The van der Waals surface area contributed by atoms with Crippen LogP contribution in [0.25, 0.3) is 16.9 Å². The number of para-hydroxylation sites is 2. The van der Waals surface area contributed by atoms with Crippen molar-refractivity contribution in [3.05, 3.63) is 61.7 Å². The smallest absolute Gasteiger partial charge is 0.334 e. The van der Waals surface area contributed by atoms with Crippen LogP contribution in [0, 0.1) is 11.8 Å². The third-order valence-corrected chi connectivity index (χ3v) is 10.0. The summed E-state index contributed by atoms with van der Waals surface area (Å²) in [7, 11) is 1.36. The summed E-state index contributed by atoms with van der Waals surface area (Å²) in [5.74, 6) is 1.72. The number of hydrogen-bond acceptors (Lipinski definition) is 6. The fraction of sp³-hybridized carbons (Fsp3) is 0.600. The number of benzene rings is 1. The molecule has 3 aromatic rings. The van der Waals surface area contributed by atoms with Gasteiger partial charge in [0.1, 0.15) is 0 Å². The summed E-state index contributed by atoms with van der Waals surface area (Å²) in [6, 6.07) is 9.31. The Hall–Kier alpha value is -3.20. The molecule has 4 heterocycles. The Bertz CT molecular complexity index is 1550. The highest BCUT2D eigenvalue weighted by Gasteiger charge is 2.45. The molecular weight excluding hydrogens is 494 g/mol. The lowest BCUT2D eigenvalue weighted by molar-refractivity contribution is -0.0485. The average Bonchev–Trinajstić information content (AvgIpc) is 2.92. The minimum absolute atomic E-state index is 0.0130. The predicted octanol–water partition coefficient (Wildman–Crippen LogP) is 3.77. The number of aromatic nitrogens is 4. The van der Waals surface area contributed by atoms with Crippen molar-refractivity contribution in [1.82, 2.24) is 24.0 Å². The van der Waals surface area contributed by atoms with Gasteiger partial charge in [-0.15, -0.1) is 0 Å². The summed E-state index contributed by atoms with van der Waals surface area (Å²) < 4.78 is 8.14. The number of piperidine rings is 2. The summed E-state index contributed by atoms with van der Waals surface area (Å²) in [5.41, 5.74) is -0.210. The van der Waals surface area contributed by atoms with Gasteiger partial charge in [-0.05, 0) is 68.9 Å². The Morgan fingerprint density at radius 2 is 1.54 bits per heavy atom. The number of methoxy groups -OCH3 is 1. The van der Waals surface area contributed by atoms with Crippen LogP contribution in [0.15, 0.2) is 44.8 Å². The number of nitrogens with zero attached hydrogens (tertiary/aromatic N) is 4. The number of fused-ring (bicyclic) bond motifs is 5. The highest BCUT2D eigenvalue weighted by molar-refractivity contribution is 5.75. The van der Waals surface area contributed by atoms with Gasteiger partial charge < -0.3 is 9.30 Å². The SMILES string of the molecule is COc1cn(-c2nc3ccccc3n(C3CC4CCCC(C3)N4C3CC4CCCC(C4)C3)c2=O)c(=O)[nH]c1=O. The van der Waals surface area contributed by atoms with E-state index in [2.05, 4.69) is 14.9 Å². The van der Waals surface area contributed by atoms with E-state index < -0.39 is 11.2 Å². The fourth-order valence-electron chi connectivity index (χ4n) is 8.55. The quantitative estimate of drug-likeness (QED) is 0.550. The minimum atomic E-state index is -0.707. The van der Waals surface area contributed by atoms with Crippen molar-refractivity contribution in [2.75, 3.05) is 7.11 Å². The Morgan fingerprint density at radius 3 is 2.26 bits per heavy atom. The van der Waals surface area contributed by atoms with Crippen LogP contribution in [-0.4, -0.2) is 49.2 Å². The first-order chi connectivity index (χ1) is 19.0. The molecule has 2 aliphatic carbocycles. The van der Waals surface area contributed by atoms with E-state index in [4.69, 9.17) is 4.74 Å². The number of H-pyrrole nitrogens is 1. The fourth-order valence-corrected chi connectivity index (χ4v) is 8.55. The van der Waals surface area contributed by atoms with Crippen LogP contribution >= 0.6 is 0 Å². The monoisotopic (exact) mass is 531 g/mol. The molecule has 0 radical (unpaired) electrons. The molecule has 39 heavy (non-hydrogen) atoms. The Balaban J connectivity index is 1.29. The van der Waals surface area contributed by atoms with E-state index in [0.717, 1.165) is 34.8 Å². The molecule has 2 saturated heterocycles. The maximum Gasteiger partial charge on any atom is 0.334 e. The summed E-state index contributed by atoms with van der Waals surface area (Å²) >= 11 is 0. The molecule has 1 N–H and O–H groups in total. The van der Waals surface area contributed by atoms with Crippen LogP contribution in [0.1, 0.15) is 76.7 Å². The van der Waals surface area contributed by atoms with Crippen LogP contribution in [0.4, 0.5) is 0 Å². The molecule has 4 unspecified atom stereocenters. The lowest BCUT2D eigenvalue weighted by Gasteiger charge is -2.55. The first kappa shape index (κ1) is 24.8. The van der Waals surface area contributed by atoms with Crippen molar-refractivity contribution >= 4 is 11.0 Å². The topological polar surface area (TPSA) is 102 Å². The molecule has 4 fully saturated rings. The van der Waals surface area contributed by atoms with Gasteiger partial charge >= 0.3 is 5.69 Å². The van der Waals surface area contributed by atoms with E-state index in [-0.39, 0.29) is 23.2 Å². The molecule has 0 spiro atoms. The van der Waals surface area contributed by atoms with Crippen LogP contribution in [0.3, 0.4) is 0 Å². The van der Waals surface area contributed by atoms with Crippen molar-refractivity contribution in [1.29, 1.82) is 0 Å². The van der Waals surface area contributed by atoms with E-state index in [1.54, 1.807) is 0 Å². The molecule has 2 saturated carbocycles. The molecule has 4 atom stereocenters. The molecule has 4 bridgehead atoms. The van der Waals surface area contributed by atoms with E-state index in [1.165, 1.54) is 71.1 Å². The molecule has 9 heteroatoms. The van der Waals surface area contributed by atoms with Crippen molar-refractivity contribution in [2.45, 2.75) is 94.8 Å². The summed E-state index contributed by atoms with van der Waals surface area (Å²) in [4.78, 5) is 48.8. The Kier molecular flexibility index (Phi) is 6.21. The largest absolute Gasteiger partial charge is 0.490 e. The van der Waals surface area contributed by atoms with Crippen LogP contribution < -0.4 is 21.5 Å². The summed E-state index contributed by atoms with van der Waals surface area (Å²) in [6.45, 7) is 0. The van der Waals surface area contributed by atoms with E-state index >= 15 is 0 Å². The van der Waals surface area contributed by atoms with Crippen molar-refractivity contribution in [2.24, 2.45) is 11.8 Å². The zero-order chi connectivity index (χ0) is 26.7. The first-order valence-electron chi connectivity index (χ1n) is 14.7. The van der Waals surface area contributed by atoms with Gasteiger partial charge in [0.2, 0.25) is 11.6 Å². The molecule has 1 aromatic carbocycles. The van der Waals surface area contributed by atoms with Gasteiger partial charge in [-0.3, -0.25) is 19.5 Å². The molecule has 4 aliphatic rings. The zero-order valence-corrected chi connectivity index (χ0v) is 22.6. The van der Waals surface area contributed by atoms with E-state index in [9.17, 15) is 14.4 Å². The normalized spacial score (nSPS) is 30.8. The van der Waals surface area contributed by atoms with Gasteiger partial charge in [0, 0.05) is 24.2 Å². The number of ether oxygens (including phenoxy) is 1. The van der Waals surface area contributed by atoms with Crippen molar-refractivity contribution < 1.29 is 4.74 Å². The second-order valence-electron chi connectivity index (χ2n) is 12.3. The molecular formula is C30H37N5O4. The van der Waals surface area contributed by atoms with Gasteiger partial charge in [0.25, 0.3) is 11.1 Å². The summed E-state index contributed by atoms with van der Waals surface area (Å²) in [5, 5.41) is 0. The van der Waals surface area contributed by atoms with Gasteiger partial charge in [-0.25, -0.2) is 14.3 Å². The molecule has 0 amide bonds. The average molecular weight is 532 g/mol. The Morgan fingerprint density at radius 1 is 0.846 bits per heavy atom. The maximum atomic E-state index is 14.1. The molecule has 2 aliphatic heterocycles. The number of rotatable bonds is 4. The number of nitrogens with one attached hydrogen (secondary N) is 1. The van der Waals surface area contributed by atoms with Crippen LogP contribution in [0.2, 0.25) is 0 Å². The molecule has 206 valence electrons. The Labute approximate surface area is 226 Å². The lowest BCUT2D eigenvalue weighted by Crippen LogP contribution is -2.58. The molecule has 9 nitrogen and oxygen atoms in total. The molecule has 7 rings (SSSR count). The zero-order valence-electron chi connectivity index (χ0n) is 22.6. The van der Waals surface area contributed by atoms with Gasteiger partial charge in [-0.1, -0.05) is 37.8 Å². The second-order valence-corrected chi connectivity index (χ2v) is 12.3. The van der Waals surface area contributed by atoms with Crippen molar-refractivity contribution in [3.8, 4) is 11.6 Å². The number of aromatic amines is 1. The second kappa shape index (κ2) is 9.77. The predicted molar refractivity (Wildman–Crippen MR) is 149 cm³/mol. The van der Waals surface area contributed by atoms with Crippen molar-refractivity contribution in [3.63, 3.8) is 0 Å². The van der Waals surface area contributed by atoms with Gasteiger partial charge in [0.05, 0.1) is 24.3 Å². The highest BCUT2D eigenvalue weighted by Crippen LogP contribution is 2.47. The minimum Gasteiger partial charge on any atom is -0.490 e. The van der Waals surface area contributed by atoms with Crippen LogP contribution in [0.5, 0.6) is 5.75 Å². The highest BCUT2D eigenvalue weighted by atomic mass is 16.5. The third kappa shape index (κ3) is 4.26. The lowest BCUT2D eigenvalue weighted by atomic mass is 9.68. The van der Waals surface area contributed by atoms with Gasteiger partial charge in [0.15, 0.2) is 0 Å². The van der Waals surface area contributed by atoms with Crippen LogP contribution in [-0.2, 0) is 0 Å². The van der Waals surface area contributed by atoms with Gasteiger partial charge in [-0.2, -0.15) is 0 Å². The summed E-state index contributed by atoms with van der Waals surface area (Å²) in [6.07, 6.45) is 15.0. The van der Waals surface area contributed by atoms with E-state index in [1.807, 2.05) is 28.8 Å². The third-order valence-electron chi connectivity index (χ3n) is 10.0. The maximum absolute atomic E-state index is 14.1. The standard InChI is InChI=1S/C30H37N5O4/c1-39-26-17-33(30(38)32-28(26)36)27-29(37)35(25-11-3-2-10-24(25)31-27)23-15-20-8-5-9-21(16-23)34(20)22-13-18-6-4-7-19(12-18)14-22/h2-3,10-11,17-23H,4-9,12-16H2,1H3,(H,32,36,38).